The van der Waals surface area contributed by atoms with E-state index >= 15 is 0 Å². The Bertz CT molecular complexity index is 984. The fraction of sp³-hybridized carbons (Fsp3) is 0.0667. The van der Waals surface area contributed by atoms with Crippen molar-refractivity contribution in [3.63, 3.8) is 0 Å². The van der Waals surface area contributed by atoms with E-state index in [2.05, 4.69) is 10.3 Å². The smallest absolute Gasteiger partial charge is 0.273 e. The Morgan fingerprint density at radius 1 is 1.36 bits per heavy atom. The van der Waals surface area contributed by atoms with Gasteiger partial charge in [0, 0.05) is 28.1 Å². The van der Waals surface area contributed by atoms with Crippen molar-refractivity contribution >= 4 is 62.6 Å². The largest absolute Gasteiger partial charge is 0.298 e. The number of nitro benzene ring substituents is 1. The Kier molecular flexibility index (Phi) is 5.05. The van der Waals surface area contributed by atoms with Crippen molar-refractivity contribution in [2.75, 3.05) is 5.32 Å². The number of aromatic nitrogens is 1. The maximum Gasteiger partial charge on any atom is 0.273 e. The molecule has 0 atom stereocenters. The monoisotopic (exact) mass is 413 g/mol. The molecule has 25 heavy (non-hydrogen) atoms. The maximum absolute atomic E-state index is 12.4. The number of rotatable bonds is 4. The summed E-state index contributed by atoms with van der Waals surface area (Å²) in [4.78, 5) is 27.2. The van der Waals surface area contributed by atoms with Gasteiger partial charge in [-0.25, -0.2) is 4.98 Å². The van der Waals surface area contributed by atoms with Gasteiger partial charge in [-0.1, -0.05) is 29.3 Å². The van der Waals surface area contributed by atoms with Gasteiger partial charge in [-0.15, -0.1) is 22.7 Å². The zero-order valence-electron chi connectivity index (χ0n) is 12.6. The van der Waals surface area contributed by atoms with Crippen molar-refractivity contribution < 1.29 is 9.72 Å². The van der Waals surface area contributed by atoms with Crippen LogP contribution in [0.3, 0.4) is 0 Å². The molecule has 0 unspecified atom stereocenters. The highest BCUT2D eigenvalue weighted by molar-refractivity contribution is 7.20. The number of hydrogen-bond donors (Lipinski definition) is 1. The van der Waals surface area contributed by atoms with Crippen LogP contribution in [-0.4, -0.2) is 15.8 Å². The van der Waals surface area contributed by atoms with Gasteiger partial charge in [0.25, 0.3) is 11.6 Å². The zero-order valence-corrected chi connectivity index (χ0v) is 15.7. The number of anilines is 1. The lowest BCUT2D eigenvalue weighted by atomic mass is 10.1. The molecule has 10 heteroatoms. The van der Waals surface area contributed by atoms with Gasteiger partial charge < -0.3 is 0 Å². The van der Waals surface area contributed by atoms with Crippen LogP contribution in [0.1, 0.15) is 15.9 Å². The number of hydrogen-bond acceptors (Lipinski definition) is 6. The molecule has 2 aromatic heterocycles. The van der Waals surface area contributed by atoms with Crippen LogP contribution in [0.5, 0.6) is 0 Å². The molecule has 0 aliphatic carbocycles. The molecule has 0 aliphatic rings. The molecule has 0 saturated heterocycles. The van der Waals surface area contributed by atoms with Gasteiger partial charge >= 0.3 is 0 Å². The number of nitrogens with zero attached hydrogens (tertiary/aromatic N) is 2. The number of carbonyl (C=O) groups excluding carboxylic acids is 1. The van der Waals surface area contributed by atoms with Gasteiger partial charge in [-0.05, 0) is 19.1 Å². The topological polar surface area (TPSA) is 85.1 Å². The molecule has 2 heterocycles. The molecule has 0 aliphatic heterocycles. The highest BCUT2D eigenvalue weighted by Gasteiger charge is 2.19. The van der Waals surface area contributed by atoms with Crippen LogP contribution in [0.4, 0.5) is 10.8 Å². The highest BCUT2D eigenvalue weighted by atomic mass is 35.5. The lowest BCUT2D eigenvalue weighted by Gasteiger charge is -2.05. The Morgan fingerprint density at radius 2 is 2.12 bits per heavy atom. The molecule has 0 saturated carbocycles. The van der Waals surface area contributed by atoms with Gasteiger partial charge in [-0.3, -0.25) is 20.2 Å². The van der Waals surface area contributed by atoms with E-state index in [0.29, 0.717) is 30.6 Å². The van der Waals surface area contributed by atoms with Crippen LogP contribution < -0.4 is 5.32 Å². The second-order valence-corrected chi connectivity index (χ2v) is 8.08. The fourth-order valence-corrected chi connectivity index (χ4v) is 4.39. The standard InChI is InChI=1S/C15H9Cl2N3O3S2/c1-7-8(3-2-4-11(7)20(22)23)14(21)19-15-18-10(6-24-15)9-5-12(16)25-13(9)17/h2-6H,1H3,(H,18,19,21). The second kappa shape index (κ2) is 7.09. The van der Waals surface area contributed by atoms with Crippen LogP contribution in [0.2, 0.25) is 8.67 Å². The number of nitrogens with one attached hydrogen (secondary N) is 1. The van der Waals surface area contributed by atoms with Gasteiger partial charge in [0.1, 0.15) is 4.34 Å². The lowest BCUT2D eigenvalue weighted by Crippen LogP contribution is -2.14. The molecule has 3 aromatic rings. The van der Waals surface area contributed by atoms with Crippen molar-refractivity contribution in [1.82, 2.24) is 4.98 Å². The van der Waals surface area contributed by atoms with Crippen molar-refractivity contribution in [2.45, 2.75) is 6.92 Å². The quantitative estimate of drug-likeness (QED) is 0.442. The van der Waals surface area contributed by atoms with E-state index in [1.807, 2.05) is 0 Å². The van der Waals surface area contributed by atoms with Crippen molar-refractivity contribution in [2.24, 2.45) is 0 Å². The molecule has 3 rings (SSSR count). The SMILES string of the molecule is Cc1c(C(=O)Nc2nc(-c3cc(Cl)sc3Cl)cs2)cccc1[N+](=O)[O-]. The molecule has 6 nitrogen and oxygen atoms in total. The maximum atomic E-state index is 12.4. The van der Waals surface area contributed by atoms with Crippen LogP contribution >= 0.6 is 45.9 Å². The highest BCUT2D eigenvalue weighted by Crippen LogP contribution is 2.39. The molecular weight excluding hydrogens is 405 g/mol. The molecule has 0 spiro atoms. The van der Waals surface area contributed by atoms with Crippen LogP contribution in [0.25, 0.3) is 11.3 Å². The first kappa shape index (κ1) is 17.8. The predicted molar refractivity (Wildman–Crippen MR) is 101 cm³/mol. The Morgan fingerprint density at radius 3 is 2.76 bits per heavy atom. The minimum absolute atomic E-state index is 0.104. The van der Waals surface area contributed by atoms with E-state index in [4.69, 9.17) is 23.2 Å². The number of halogens is 2. The summed E-state index contributed by atoms with van der Waals surface area (Å²) >= 11 is 14.5. The minimum atomic E-state index is -0.518. The predicted octanol–water partition coefficient (Wildman–Crippen LogP) is 5.65. The minimum Gasteiger partial charge on any atom is -0.298 e. The second-order valence-electron chi connectivity index (χ2n) is 4.94. The summed E-state index contributed by atoms with van der Waals surface area (Å²) in [6.45, 7) is 1.54. The molecule has 1 amide bonds. The number of benzene rings is 1. The Balaban J connectivity index is 1.84. The molecular formula is C15H9Cl2N3O3S2. The normalized spacial score (nSPS) is 10.7. The number of nitro groups is 1. The third-order valence-corrected chi connectivity index (χ3v) is 5.65. The van der Waals surface area contributed by atoms with Gasteiger partial charge in [0.15, 0.2) is 5.13 Å². The molecule has 0 radical (unpaired) electrons. The zero-order chi connectivity index (χ0) is 18.1. The first-order chi connectivity index (χ1) is 11.9. The van der Waals surface area contributed by atoms with Crippen molar-refractivity contribution in [3.8, 4) is 11.3 Å². The molecule has 0 bridgehead atoms. The summed E-state index contributed by atoms with van der Waals surface area (Å²) in [6, 6.07) is 6.07. The first-order valence-corrected chi connectivity index (χ1v) is 9.28. The third-order valence-electron chi connectivity index (χ3n) is 3.40. The summed E-state index contributed by atoms with van der Waals surface area (Å²) in [5.41, 5.74) is 1.72. The third kappa shape index (κ3) is 3.67. The number of carbonyl (C=O) groups is 1. The average molecular weight is 414 g/mol. The van der Waals surface area contributed by atoms with E-state index in [0.717, 1.165) is 0 Å². The fourth-order valence-electron chi connectivity index (χ4n) is 2.20. The van der Waals surface area contributed by atoms with Crippen molar-refractivity contribution in [1.29, 1.82) is 0 Å². The Hall–Kier alpha value is -2.00. The lowest BCUT2D eigenvalue weighted by molar-refractivity contribution is -0.385. The first-order valence-electron chi connectivity index (χ1n) is 6.83. The Labute approximate surface area is 160 Å². The molecule has 0 fully saturated rings. The van der Waals surface area contributed by atoms with E-state index in [9.17, 15) is 14.9 Å². The molecule has 1 aromatic carbocycles. The van der Waals surface area contributed by atoms with Crippen LogP contribution in [-0.2, 0) is 0 Å². The summed E-state index contributed by atoms with van der Waals surface area (Å²) in [6.07, 6.45) is 0. The summed E-state index contributed by atoms with van der Waals surface area (Å²) in [5.74, 6) is -0.462. The number of amides is 1. The van der Waals surface area contributed by atoms with Crippen molar-refractivity contribution in [3.05, 3.63) is 59.6 Å². The van der Waals surface area contributed by atoms with Crippen LogP contribution in [0.15, 0.2) is 29.6 Å². The van der Waals surface area contributed by atoms with Crippen LogP contribution in [0, 0.1) is 17.0 Å². The number of thiophene rings is 1. The molecule has 128 valence electrons. The summed E-state index contributed by atoms with van der Waals surface area (Å²) in [7, 11) is 0. The molecule has 1 N–H and O–H groups in total. The van der Waals surface area contributed by atoms with E-state index < -0.39 is 10.8 Å². The summed E-state index contributed by atoms with van der Waals surface area (Å²) < 4.78 is 1.06. The average Bonchev–Trinajstić information content (AvgIpc) is 3.13. The van der Waals surface area contributed by atoms with Gasteiger partial charge in [0.05, 0.1) is 15.0 Å². The van der Waals surface area contributed by atoms with E-state index in [1.54, 1.807) is 11.4 Å². The number of thiazole rings is 1. The van der Waals surface area contributed by atoms with Gasteiger partial charge in [0.2, 0.25) is 0 Å². The van der Waals surface area contributed by atoms with E-state index in [1.165, 1.54) is 47.8 Å². The van der Waals surface area contributed by atoms with Gasteiger partial charge in [-0.2, -0.15) is 0 Å². The summed E-state index contributed by atoms with van der Waals surface area (Å²) in [5, 5.41) is 15.8. The van der Waals surface area contributed by atoms with E-state index in [-0.39, 0.29) is 11.3 Å².